The molecule has 0 bridgehead atoms. The molecule has 1 atom stereocenters. The summed E-state index contributed by atoms with van der Waals surface area (Å²) in [7, 11) is 0. The molecule has 0 unspecified atom stereocenters. The summed E-state index contributed by atoms with van der Waals surface area (Å²) >= 11 is 1.35. The lowest BCUT2D eigenvalue weighted by Crippen LogP contribution is -2.40. The molecule has 0 spiro atoms. The van der Waals surface area contributed by atoms with E-state index in [9.17, 15) is 10.1 Å². The highest BCUT2D eigenvalue weighted by molar-refractivity contribution is 8.00. The molecule has 1 amide bonds. The van der Waals surface area contributed by atoms with Gasteiger partial charge in [-0.25, -0.2) is 4.98 Å². The first-order valence-corrected chi connectivity index (χ1v) is 9.97. The molecule has 26 heavy (non-hydrogen) atoms. The molecule has 0 radical (unpaired) electrons. The van der Waals surface area contributed by atoms with Crippen molar-refractivity contribution in [3.63, 3.8) is 0 Å². The Morgan fingerprint density at radius 1 is 1.46 bits per heavy atom. The molecule has 1 aromatic heterocycles. The smallest absolute Gasteiger partial charge is 0.232 e. The molecule has 5 nitrogen and oxygen atoms in total. The van der Waals surface area contributed by atoms with Gasteiger partial charge in [-0.3, -0.25) is 4.79 Å². The molecule has 1 fully saturated rings. The van der Waals surface area contributed by atoms with Crippen LogP contribution in [0.5, 0.6) is 5.75 Å². The van der Waals surface area contributed by atoms with Gasteiger partial charge in [0.2, 0.25) is 5.91 Å². The van der Waals surface area contributed by atoms with Crippen LogP contribution >= 0.6 is 11.8 Å². The van der Waals surface area contributed by atoms with Gasteiger partial charge in [0.25, 0.3) is 0 Å². The van der Waals surface area contributed by atoms with Gasteiger partial charge in [-0.05, 0) is 49.9 Å². The predicted molar refractivity (Wildman–Crippen MR) is 103 cm³/mol. The second-order valence-corrected chi connectivity index (χ2v) is 7.58. The summed E-state index contributed by atoms with van der Waals surface area (Å²) in [5.74, 6) is 1.77. The molecule has 2 heterocycles. The van der Waals surface area contributed by atoms with Crippen molar-refractivity contribution in [2.45, 2.75) is 31.7 Å². The van der Waals surface area contributed by atoms with Crippen LogP contribution in [0.15, 0.2) is 29.3 Å². The highest BCUT2D eigenvalue weighted by atomic mass is 32.2. The Balaban J connectivity index is 1.75. The highest BCUT2D eigenvalue weighted by Gasteiger charge is 2.21. The number of likely N-dealkylation sites (tertiary alicyclic amines) is 1. The van der Waals surface area contributed by atoms with Crippen LogP contribution < -0.4 is 4.74 Å². The highest BCUT2D eigenvalue weighted by Crippen LogP contribution is 2.27. The molecule has 3 rings (SSSR count). The zero-order chi connectivity index (χ0) is 18.5. The van der Waals surface area contributed by atoms with Gasteiger partial charge in [0.1, 0.15) is 16.8 Å². The molecule has 1 aliphatic rings. The van der Waals surface area contributed by atoms with Gasteiger partial charge in [0, 0.05) is 18.5 Å². The van der Waals surface area contributed by atoms with E-state index >= 15 is 0 Å². The number of nitriles is 1. The first kappa shape index (κ1) is 18.5. The van der Waals surface area contributed by atoms with Crippen LogP contribution in [0.4, 0.5) is 0 Å². The van der Waals surface area contributed by atoms with E-state index in [1.165, 1.54) is 18.2 Å². The van der Waals surface area contributed by atoms with Gasteiger partial charge in [-0.1, -0.05) is 18.7 Å². The van der Waals surface area contributed by atoms with E-state index < -0.39 is 0 Å². The van der Waals surface area contributed by atoms with Crippen LogP contribution in [0.1, 0.15) is 32.3 Å². The lowest BCUT2D eigenvalue weighted by molar-refractivity contribution is -0.130. The fourth-order valence-electron chi connectivity index (χ4n) is 3.22. The summed E-state index contributed by atoms with van der Waals surface area (Å²) < 4.78 is 5.51. The van der Waals surface area contributed by atoms with Crippen molar-refractivity contribution >= 4 is 28.6 Å². The quantitative estimate of drug-likeness (QED) is 0.749. The molecule has 136 valence electrons. The number of hydrogen-bond donors (Lipinski definition) is 0. The molecule has 1 aromatic carbocycles. The number of piperidine rings is 1. The minimum Gasteiger partial charge on any atom is -0.494 e. The van der Waals surface area contributed by atoms with Crippen molar-refractivity contribution < 1.29 is 9.53 Å². The van der Waals surface area contributed by atoms with Gasteiger partial charge < -0.3 is 9.64 Å². The summed E-state index contributed by atoms with van der Waals surface area (Å²) in [4.78, 5) is 19.0. The molecule has 0 saturated carbocycles. The Hall–Kier alpha value is -2.26. The predicted octanol–water partition coefficient (Wildman–Crippen LogP) is 3.86. The van der Waals surface area contributed by atoms with Crippen LogP contribution in [-0.2, 0) is 4.79 Å². The molecular weight excluding hydrogens is 346 g/mol. The van der Waals surface area contributed by atoms with E-state index in [1.54, 1.807) is 0 Å². The number of amides is 1. The molecular formula is C20H23N3O2S. The Bertz CT molecular complexity index is 847. The topological polar surface area (TPSA) is 66.2 Å². The SMILES string of the molecule is CCOc1ccc2nc(SCC(=O)N3CCC[C@@H](C)C3)c(C#N)cc2c1. The van der Waals surface area contributed by atoms with E-state index in [1.807, 2.05) is 36.1 Å². The Morgan fingerprint density at radius 3 is 3.04 bits per heavy atom. The molecule has 1 aliphatic heterocycles. The first-order chi connectivity index (χ1) is 12.6. The number of thioether (sulfide) groups is 1. The maximum atomic E-state index is 12.5. The monoisotopic (exact) mass is 369 g/mol. The molecule has 0 aliphatic carbocycles. The first-order valence-electron chi connectivity index (χ1n) is 8.99. The maximum Gasteiger partial charge on any atom is 0.232 e. The number of rotatable bonds is 5. The van der Waals surface area contributed by atoms with E-state index in [0.29, 0.717) is 28.9 Å². The fraction of sp³-hybridized carbons (Fsp3) is 0.450. The van der Waals surface area contributed by atoms with Gasteiger partial charge in [-0.2, -0.15) is 5.26 Å². The minimum atomic E-state index is 0.124. The summed E-state index contributed by atoms with van der Waals surface area (Å²) in [6, 6.07) is 9.67. The Morgan fingerprint density at radius 2 is 2.31 bits per heavy atom. The van der Waals surface area contributed by atoms with Gasteiger partial charge in [-0.15, -0.1) is 0 Å². The van der Waals surface area contributed by atoms with Crippen molar-refractivity contribution in [3.05, 3.63) is 29.8 Å². The largest absolute Gasteiger partial charge is 0.494 e. The summed E-state index contributed by atoms with van der Waals surface area (Å²) in [6.45, 7) is 6.37. The number of aromatic nitrogens is 1. The summed E-state index contributed by atoms with van der Waals surface area (Å²) in [6.07, 6.45) is 2.25. The third-order valence-electron chi connectivity index (χ3n) is 4.52. The van der Waals surface area contributed by atoms with Gasteiger partial charge >= 0.3 is 0 Å². The molecule has 6 heteroatoms. The zero-order valence-electron chi connectivity index (χ0n) is 15.2. The average Bonchev–Trinajstić information content (AvgIpc) is 2.65. The van der Waals surface area contributed by atoms with Crippen LogP contribution in [0.3, 0.4) is 0 Å². The number of carbonyl (C=O) groups is 1. The number of carbonyl (C=O) groups excluding carboxylic acids is 1. The van der Waals surface area contributed by atoms with Crippen LogP contribution in [0.25, 0.3) is 10.9 Å². The third kappa shape index (κ3) is 4.28. The van der Waals surface area contributed by atoms with Crippen molar-refractivity contribution in [3.8, 4) is 11.8 Å². The molecule has 0 N–H and O–H groups in total. The minimum absolute atomic E-state index is 0.124. The number of ether oxygens (including phenoxy) is 1. The number of fused-ring (bicyclic) bond motifs is 1. The maximum absolute atomic E-state index is 12.5. The fourth-order valence-corrected chi connectivity index (χ4v) is 4.09. The lowest BCUT2D eigenvalue weighted by atomic mass is 10.0. The number of nitrogens with zero attached hydrogens (tertiary/aromatic N) is 3. The van der Waals surface area contributed by atoms with Crippen LogP contribution in [0, 0.1) is 17.2 Å². The lowest BCUT2D eigenvalue weighted by Gasteiger charge is -2.30. The number of hydrogen-bond acceptors (Lipinski definition) is 5. The number of pyridine rings is 1. The van der Waals surface area contributed by atoms with E-state index in [4.69, 9.17) is 4.74 Å². The van der Waals surface area contributed by atoms with Crippen LogP contribution in [0.2, 0.25) is 0 Å². The standard InChI is InChI=1S/C20H23N3O2S/c1-3-25-17-6-7-18-15(10-17)9-16(11-21)20(22-18)26-13-19(24)23-8-4-5-14(2)12-23/h6-7,9-10,14H,3-5,8,12-13H2,1-2H3/t14-/m1/s1. The van der Waals surface area contributed by atoms with Crippen molar-refractivity contribution in [1.29, 1.82) is 5.26 Å². The van der Waals surface area contributed by atoms with Crippen molar-refractivity contribution in [2.24, 2.45) is 5.92 Å². The van der Waals surface area contributed by atoms with E-state index in [-0.39, 0.29) is 5.91 Å². The third-order valence-corrected chi connectivity index (χ3v) is 5.50. The second kappa shape index (κ2) is 8.41. The van der Waals surface area contributed by atoms with E-state index in [2.05, 4.69) is 18.0 Å². The van der Waals surface area contributed by atoms with Crippen molar-refractivity contribution in [1.82, 2.24) is 9.88 Å². The normalized spacial score (nSPS) is 17.1. The average molecular weight is 369 g/mol. The Kier molecular flexibility index (Phi) is 6.00. The zero-order valence-corrected chi connectivity index (χ0v) is 16.0. The van der Waals surface area contributed by atoms with Crippen molar-refractivity contribution in [2.75, 3.05) is 25.4 Å². The number of benzene rings is 1. The van der Waals surface area contributed by atoms with Crippen LogP contribution in [-0.4, -0.2) is 41.2 Å². The summed E-state index contributed by atoms with van der Waals surface area (Å²) in [5.41, 5.74) is 1.30. The molecule has 2 aromatic rings. The Labute approximate surface area is 158 Å². The van der Waals surface area contributed by atoms with Gasteiger partial charge in [0.15, 0.2) is 0 Å². The van der Waals surface area contributed by atoms with E-state index in [0.717, 1.165) is 36.2 Å². The summed E-state index contributed by atoms with van der Waals surface area (Å²) in [5, 5.41) is 11.0. The van der Waals surface area contributed by atoms with Gasteiger partial charge in [0.05, 0.1) is 23.4 Å². The second-order valence-electron chi connectivity index (χ2n) is 6.62. The molecule has 1 saturated heterocycles.